The van der Waals surface area contributed by atoms with Crippen molar-refractivity contribution in [3.8, 4) is 0 Å². The molecule has 4 heteroatoms. The number of nitrogens with one attached hydrogen (secondary N) is 2. The van der Waals surface area contributed by atoms with Crippen LogP contribution in [0.15, 0.2) is 24.3 Å². The Hall–Kier alpha value is -1.55. The summed E-state index contributed by atoms with van der Waals surface area (Å²) >= 11 is 0. The highest BCUT2D eigenvalue weighted by molar-refractivity contribution is 5.74. The van der Waals surface area contributed by atoms with Crippen molar-refractivity contribution in [2.24, 2.45) is 0 Å². The van der Waals surface area contributed by atoms with Gasteiger partial charge in [-0.25, -0.2) is 4.79 Å². The Morgan fingerprint density at radius 1 is 1.26 bits per heavy atom. The third kappa shape index (κ3) is 5.75. The highest BCUT2D eigenvalue weighted by atomic mass is 16.3. The van der Waals surface area contributed by atoms with Gasteiger partial charge in [-0.3, -0.25) is 0 Å². The van der Waals surface area contributed by atoms with Gasteiger partial charge in [0.2, 0.25) is 0 Å². The second-order valence-electron chi connectivity index (χ2n) is 4.85. The molecule has 0 fully saturated rings. The summed E-state index contributed by atoms with van der Waals surface area (Å²) in [6, 6.07) is 8.02. The molecule has 0 aromatic heterocycles. The first-order chi connectivity index (χ1) is 9.02. The van der Waals surface area contributed by atoms with Crippen LogP contribution < -0.4 is 10.6 Å². The van der Waals surface area contributed by atoms with Crippen molar-refractivity contribution in [1.82, 2.24) is 10.6 Å². The lowest BCUT2D eigenvalue weighted by atomic mass is 10.1. The number of aliphatic hydroxyl groups excluding tert-OH is 1. The fraction of sp³-hybridized carbons (Fsp3) is 0.533. The van der Waals surface area contributed by atoms with Crippen LogP contribution in [0, 0.1) is 0 Å². The maximum Gasteiger partial charge on any atom is 0.315 e. The van der Waals surface area contributed by atoms with E-state index in [1.807, 2.05) is 19.1 Å². The fourth-order valence-corrected chi connectivity index (χ4v) is 1.77. The number of amides is 2. The second-order valence-corrected chi connectivity index (χ2v) is 4.85. The van der Waals surface area contributed by atoms with E-state index in [0.717, 1.165) is 12.0 Å². The Balaban J connectivity index is 2.40. The molecule has 1 rings (SSSR count). The number of rotatable bonds is 6. The van der Waals surface area contributed by atoms with Crippen molar-refractivity contribution in [2.45, 2.75) is 45.8 Å². The average molecular weight is 264 g/mol. The van der Waals surface area contributed by atoms with Gasteiger partial charge in [-0.05, 0) is 37.8 Å². The van der Waals surface area contributed by atoms with Crippen LogP contribution in [0.3, 0.4) is 0 Å². The Labute approximate surface area is 115 Å². The average Bonchev–Trinajstić information content (AvgIpc) is 2.38. The van der Waals surface area contributed by atoms with Gasteiger partial charge in [-0.2, -0.15) is 0 Å². The molecule has 0 radical (unpaired) electrons. The summed E-state index contributed by atoms with van der Waals surface area (Å²) in [5.74, 6) is 0. The van der Waals surface area contributed by atoms with E-state index in [1.165, 1.54) is 5.56 Å². The monoisotopic (exact) mass is 264 g/mol. The molecule has 0 aliphatic rings. The molecule has 3 N–H and O–H groups in total. The van der Waals surface area contributed by atoms with Crippen LogP contribution in [0.2, 0.25) is 0 Å². The van der Waals surface area contributed by atoms with Gasteiger partial charge in [-0.15, -0.1) is 0 Å². The van der Waals surface area contributed by atoms with Crippen molar-refractivity contribution in [3.63, 3.8) is 0 Å². The Morgan fingerprint density at radius 3 is 2.42 bits per heavy atom. The van der Waals surface area contributed by atoms with E-state index in [0.29, 0.717) is 13.0 Å². The van der Waals surface area contributed by atoms with E-state index in [9.17, 15) is 4.79 Å². The zero-order valence-electron chi connectivity index (χ0n) is 11.9. The molecule has 1 aromatic rings. The molecule has 0 aliphatic heterocycles. The summed E-state index contributed by atoms with van der Waals surface area (Å²) in [5, 5.41) is 14.7. The quantitative estimate of drug-likeness (QED) is 0.738. The maximum atomic E-state index is 11.6. The molecule has 106 valence electrons. The van der Waals surface area contributed by atoms with E-state index in [1.54, 1.807) is 6.92 Å². The molecule has 2 unspecified atom stereocenters. The van der Waals surface area contributed by atoms with Crippen LogP contribution >= 0.6 is 0 Å². The fourth-order valence-electron chi connectivity index (χ4n) is 1.77. The third-order valence-electron chi connectivity index (χ3n) is 3.08. The summed E-state index contributed by atoms with van der Waals surface area (Å²) in [4.78, 5) is 11.6. The lowest BCUT2D eigenvalue weighted by Gasteiger charge is -2.15. The Morgan fingerprint density at radius 2 is 1.89 bits per heavy atom. The van der Waals surface area contributed by atoms with Crippen LogP contribution in [-0.2, 0) is 6.42 Å². The van der Waals surface area contributed by atoms with E-state index in [-0.39, 0.29) is 18.2 Å². The predicted octanol–water partition coefficient (Wildman–Crippen LogP) is 2.38. The highest BCUT2D eigenvalue weighted by Crippen LogP contribution is 2.13. The molecular weight excluding hydrogens is 240 g/mol. The molecule has 1 aromatic carbocycles. The highest BCUT2D eigenvalue weighted by Gasteiger charge is 2.09. The molecule has 0 saturated carbocycles. The standard InChI is InChI=1S/C15H24N2O2/c1-4-13-5-7-14(8-6-13)12(3)17-15(19)16-10-9-11(2)18/h5-8,11-12,18H,4,9-10H2,1-3H3,(H2,16,17,19). The minimum atomic E-state index is -0.390. The third-order valence-corrected chi connectivity index (χ3v) is 3.08. The molecule has 0 heterocycles. The van der Waals surface area contributed by atoms with E-state index >= 15 is 0 Å². The number of carbonyl (C=O) groups excluding carboxylic acids is 1. The molecule has 0 saturated heterocycles. The lowest BCUT2D eigenvalue weighted by molar-refractivity contribution is 0.183. The summed E-state index contributed by atoms with van der Waals surface area (Å²) in [7, 11) is 0. The van der Waals surface area contributed by atoms with Crippen molar-refractivity contribution in [2.75, 3.05) is 6.54 Å². The van der Waals surface area contributed by atoms with Gasteiger partial charge < -0.3 is 15.7 Å². The van der Waals surface area contributed by atoms with Crippen LogP contribution in [0.1, 0.15) is 44.4 Å². The Bertz CT molecular complexity index is 388. The number of hydrogen-bond donors (Lipinski definition) is 3. The number of benzene rings is 1. The maximum absolute atomic E-state index is 11.6. The summed E-state index contributed by atoms with van der Waals surface area (Å²) in [5.41, 5.74) is 2.38. The van der Waals surface area contributed by atoms with Crippen molar-refractivity contribution >= 4 is 6.03 Å². The van der Waals surface area contributed by atoms with Crippen molar-refractivity contribution in [3.05, 3.63) is 35.4 Å². The van der Waals surface area contributed by atoms with Gasteiger partial charge in [-0.1, -0.05) is 31.2 Å². The molecule has 4 nitrogen and oxygen atoms in total. The number of carbonyl (C=O) groups is 1. The molecule has 2 amide bonds. The predicted molar refractivity (Wildman–Crippen MR) is 77.1 cm³/mol. The minimum absolute atomic E-state index is 0.0301. The van der Waals surface area contributed by atoms with Crippen molar-refractivity contribution < 1.29 is 9.90 Å². The van der Waals surface area contributed by atoms with Crippen LogP contribution in [0.25, 0.3) is 0 Å². The molecule has 19 heavy (non-hydrogen) atoms. The number of aryl methyl sites for hydroxylation is 1. The first kappa shape index (κ1) is 15.5. The molecule has 2 atom stereocenters. The Kier molecular flexibility index (Phi) is 6.36. The van der Waals surface area contributed by atoms with Gasteiger partial charge in [0, 0.05) is 6.54 Å². The normalized spacial score (nSPS) is 13.7. The van der Waals surface area contributed by atoms with E-state index in [4.69, 9.17) is 5.11 Å². The largest absolute Gasteiger partial charge is 0.393 e. The summed E-state index contributed by atoms with van der Waals surface area (Å²) < 4.78 is 0. The topological polar surface area (TPSA) is 61.4 Å². The van der Waals surface area contributed by atoms with Gasteiger partial charge in [0.1, 0.15) is 0 Å². The smallest absolute Gasteiger partial charge is 0.315 e. The van der Waals surface area contributed by atoms with Crippen LogP contribution in [0.4, 0.5) is 4.79 Å². The van der Waals surface area contributed by atoms with Gasteiger partial charge >= 0.3 is 6.03 Å². The number of urea groups is 1. The number of hydrogen-bond acceptors (Lipinski definition) is 2. The first-order valence-corrected chi connectivity index (χ1v) is 6.84. The van der Waals surface area contributed by atoms with Gasteiger partial charge in [0.05, 0.1) is 12.1 Å². The molecule has 0 spiro atoms. The zero-order valence-corrected chi connectivity index (χ0v) is 11.9. The lowest BCUT2D eigenvalue weighted by Crippen LogP contribution is -2.38. The minimum Gasteiger partial charge on any atom is -0.393 e. The van der Waals surface area contributed by atoms with Gasteiger partial charge in [0.15, 0.2) is 0 Å². The molecular formula is C15H24N2O2. The van der Waals surface area contributed by atoms with Crippen LogP contribution in [-0.4, -0.2) is 23.8 Å². The SMILES string of the molecule is CCc1ccc(C(C)NC(=O)NCCC(C)O)cc1. The number of aliphatic hydroxyl groups is 1. The van der Waals surface area contributed by atoms with Crippen LogP contribution in [0.5, 0.6) is 0 Å². The summed E-state index contributed by atoms with van der Waals surface area (Å²) in [6.45, 7) is 6.25. The summed E-state index contributed by atoms with van der Waals surface area (Å²) in [6.07, 6.45) is 1.19. The molecule has 0 bridgehead atoms. The van der Waals surface area contributed by atoms with E-state index < -0.39 is 0 Å². The second kappa shape index (κ2) is 7.79. The van der Waals surface area contributed by atoms with E-state index in [2.05, 4.69) is 29.7 Å². The van der Waals surface area contributed by atoms with Gasteiger partial charge in [0.25, 0.3) is 0 Å². The zero-order chi connectivity index (χ0) is 14.3. The first-order valence-electron chi connectivity index (χ1n) is 6.84. The molecule has 0 aliphatic carbocycles. The van der Waals surface area contributed by atoms with Crippen molar-refractivity contribution in [1.29, 1.82) is 0 Å².